The second-order valence-electron chi connectivity index (χ2n) is 5.30. The van der Waals surface area contributed by atoms with Gasteiger partial charge >= 0.3 is 0 Å². The van der Waals surface area contributed by atoms with Crippen molar-refractivity contribution in [1.29, 1.82) is 0 Å². The summed E-state index contributed by atoms with van der Waals surface area (Å²) >= 11 is 0. The number of imidazole rings is 1. The highest BCUT2D eigenvalue weighted by atomic mass is 16.5. The lowest BCUT2D eigenvalue weighted by Gasteiger charge is -2.06. The predicted octanol–water partition coefficient (Wildman–Crippen LogP) is 3.97. The quantitative estimate of drug-likeness (QED) is 0.547. The van der Waals surface area contributed by atoms with E-state index in [1.165, 1.54) is 6.08 Å². The number of ether oxygens (including phenoxy) is 2. The molecule has 0 unspecified atom stereocenters. The largest absolute Gasteiger partial charge is 0.497 e. The average molecular weight is 334 g/mol. The van der Waals surface area contributed by atoms with E-state index in [0.717, 1.165) is 40.3 Å². The van der Waals surface area contributed by atoms with E-state index in [1.54, 1.807) is 20.3 Å². The van der Waals surface area contributed by atoms with Crippen LogP contribution < -0.4 is 9.47 Å². The minimum absolute atomic E-state index is 0.615. The second kappa shape index (κ2) is 7.49. The van der Waals surface area contributed by atoms with Crippen LogP contribution in [-0.2, 0) is 4.79 Å². The molecule has 0 spiro atoms. The maximum Gasteiger partial charge on any atom is 0.142 e. The minimum atomic E-state index is 0.615. The Kier molecular flexibility index (Phi) is 4.95. The summed E-state index contributed by atoms with van der Waals surface area (Å²) in [5.41, 5.74) is 3.61. The summed E-state index contributed by atoms with van der Waals surface area (Å²) in [5, 5.41) is 0. The molecule has 1 N–H and O–H groups in total. The Bertz CT molecular complexity index is 813. The molecule has 126 valence electrons. The zero-order valence-corrected chi connectivity index (χ0v) is 14.0. The summed E-state index contributed by atoms with van der Waals surface area (Å²) in [4.78, 5) is 18.5. The highest BCUT2D eigenvalue weighted by Crippen LogP contribution is 2.32. The number of aromatic nitrogens is 2. The van der Waals surface area contributed by atoms with E-state index in [-0.39, 0.29) is 0 Å². The first kappa shape index (κ1) is 16.5. The molecule has 0 aliphatic carbocycles. The Balaban J connectivity index is 2.08. The van der Waals surface area contributed by atoms with Crippen molar-refractivity contribution >= 4 is 12.4 Å². The number of hydrogen-bond donors (Lipinski definition) is 1. The summed E-state index contributed by atoms with van der Waals surface area (Å²) < 4.78 is 10.4. The minimum Gasteiger partial charge on any atom is -0.497 e. The van der Waals surface area contributed by atoms with E-state index < -0.39 is 0 Å². The molecular weight excluding hydrogens is 316 g/mol. The van der Waals surface area contributed by atoms with Gasteiger partial charge in [-0.15, -0.1) is 0 Å². The molecule has 3 rings (SSSR count). The molecule has 1 heterocycles. The summed E-state index contributed by atoms with van der Waals surface area (Å²) in [6.07, 6.45) is 3.78. The monoisotopic (exact) mass is 334 g/mol. The van der Waals surface area contributed by atoms with Gasteiger partial charge in [0, 0.05) is 11.1 Å². The summed E-state index contributed by atoms with van der Waals surface area (Å²) in [6, 6.07) is 15.4. The fourth-order valence-electron chi connectivity index (χ4n) is 2.53. The van der Waals surface area contributed by atoms with E-state index in [4.69, 9.17) is 9.47 Å². The summed E-state index contributed by atoms with van der Waals surface area (Å²) in [5.74, 6) is 2.19. The fraction of sp³-hybridized carbons (Fsp3) is 0.100. The van der Waals surface area contributed by atoms with Crippen molar-refractivity contribution in [2.45, 2.75) is 0 Å². The molecule has 0 amide bonds. The van der Waals surface area contributed by atoms with E-state index in [1.807, 2.05) is 48.5 Å². The maximum absolute atomic E-state index is 10.6. The number of aromatic amines is 1. The number of carbonyl (C=O) groups is 1. The number of aldehydes is 1. The van der Waals surface area contributed by atoms with Gasteiger partial charge in [-0.25, -0.2) is 4.98 Å². The molecule has 3 aromatic rings. The number of H-pyrrole nitrogens is 1. The number of nitrogens with zero attached hydrogens (tertiary/aromatic N) is 1. The fourth-order valence-corrected chi connectivity index (χ4v) is 2.53. The van der Waals surface area contributed by atoms with Crippen molar-refractivity contribution in [3.63, 3.8) is 0 Å². The lowest BCUT2D eigenvalue weighted by molar-refractivity contribution is -0.104. The van der Waals surface area contributed by atoms with Crippen molar-refractivity contribution < 1.29 is 14.3 Å². The predicted molar refractivity (Wildman–Crippen MR) is 97.7 cm³/mol. The third kappa shape index (κ3) is 3.61. The third-order valence-electron chi connectivity index (χ3n) is 3.80. The molecule has 25 heavy (non-hydrogen) atoms. The number of rotatable bonds is 6. The first-order valence-corrected chi connectivity index (χ1v) is 7.76. The van der Waals surface area contributed by atoms with Crippen molar-refractivity contribution in [2.75, 3.05) is 14.2 Å². The van der Waals surface area contributed by atoms with Gasteiger partial charge in [-0.2, -0.15) is 0 Å². The number of methoxy groups -OCH3 is 2. The number of allylic oxidation sites excluding steroid dienone is 1. The summed E-state index contributed by atoms with van der Waals surface area (Å²) in [6.45, 7) is 0. The lowest BCUT2D eigenvalue weighted by Crippen LogP contribution is -1.87. The van der Waals surface area contributed by atoms with Crippen LogP contribution in [0.3, 0.4) is 0 Å². The van der Waals surface area contributed by atoms with Crippen LogP contribution in [-0.4, -0.2) is 30.5 Å². The standard InChI is InChI=1S/C20H18N2O3/c1-24-16-9-5-14(6-10-16)19-20(22-18(21-19)4-3-13-23)15-7-11-17(25-2)12-8-15/h3-13H,1-2H3,(H,21,22)/b4-3+. The van der Waals surface area contributed by atoms with Crippen molar-refractivity contribution in [3.8, 4) is 34.0 Å². The Morgan fingerprint density at radius 1 is 0.880 bits per heavy atom. The lowest BCUT2D eigenvalue weighted by atomic mass is 10.0. The SMILES string of the molecule is COc1ccc(-c2nc(/C=C/C=O)[nH]c2-c2ccc(OC)cc2)cc1. The van der Waals surface area contributed by atoms with Crippen LogP contribution in [0.15, 0.2) is 54.6 Å². The first-order valence-electron chi connectivity index (χ1n) is 7.76. The van der Waals surface area contributed by atoms with Crippen LogP contribution in [0.1, 0.15) is 5.82 Å². The van der Waals surface area contributed by atoms with Crippen molar-refractivity contribution in [2.24, 2.45) is 0 Å². The smallest absolute Gasteiger partial charge is 0.142 e. The molecule has 0 aliphatic heterocycles. The highest BCUT2D eigenvalue weighted by Gasteiger charge is 2.13. The maximum atomic E-state index is 10.6. The van der Waals surface area contributed by atoms with Gasteiger partial charge in [0.05, 0.1) is 25.6 Å². The van der Waals surface area contributed by atoms with Crippen LogP contribution in [0.25, 0.3) is 28.6 Å². The van der Waals surface area contributed by atoms with Gasteiger partial charge in [-0.3, -0.25) is 4.79 Å². The third-order valence-corrected chi connectivity index (χ3v) is 3.80. The van der Waals surface area contributed by atoms with Gasteiger partial charge in [0.2, 0.25) is 0 Å². The molecule has 0 atom stereocenters. The van der Waals surface area contributed by atoms with Gasteiger partial charge in [-0.1, -0.05) is 0 Å². The number of nitrogens with one attached hydrogen (secondary N) is 1. The zero-order valence-electron chi connectivity index (χ0n) is 14.0. The van der Waals surface area contributed by atoms with E-state index >= 15 is 0 Å². The molecule has 2 aromatic carbocycles. The first-order chi connectivity index (χ1) is 12.2. The van der Waals surface area contributed by atoms with Gasteiger partial charge in [0.15, 0.2) is 0 Å². The number of benzene rings is 2. The van der Waals surface area contributed by atoms with Crippen LogP contribution in [0.5, 0.6) is 11.5 Å². The molecular formula is C20H18N2O3. The Morgan fingerprint density at radius 3 is 1.96 bits per heavy atom. The molecule has 0 radical (unpaired) electrons. The molecule has 0 saturated carbocycles. The van der Waals surface area contributed by atoms with Gasteiger partial charge in [0.25, 0.3) is 0 Å². The van der Waals surface area contributed by atoms with Crippen molar-refractivity contribution in [3.05, 3.63) is 60.4 Å². The van der Waals surface area contributed by atoms with Crippen LogP contribution in [0.2, 0.25) is 0 Å². The Labute approximate surface area is 145 Å². The topological polar surface area (TPSA) is 64.2 Å². The van der Waals surface area contributed by atoms with Gasteiger partial charge in [0.1, 0.15) is 23.6 Å². The van der Waals surface area contributed by atoms with E-state index in [0.29, 0.717) is 5.82 Å². The van der Waals surface area contributed by atoms with Gasteiger partial charge in [-0.05, 0) is 60.7 Å². The number of carbonyl (C=O) groups excluding carboxylic acids is 1. The van der Waals surface area contributed by atoms with Crippen LogP contribution >= 0.6 is 0 Å². The summed E-state index contributed by atoms with van der Waals surface area (Å²) in [7, 11) is 3.27. The average Bonchev–Trinajstić information content (AvgIpc) is 3.10. The highest BCUT2D eigenvalue weighted by molar-refractivity contribution is 5.81. The molecule has 0 bridgehead atoms. The van der Waals surface area contributed by atoms with Crippen molar-refractivity contribution in [1.82, 2.24) is 9.97 Å². The van der Waals surface area contributed by atoms with E-state index in [9.17, 15) is 4.79 Å². The Hall–Kier alpha value is -3.34. The molecule has 0 aliphatic rings. The van der Waals surface area contributed by atoms with E-state index in [2.05, 4.69) is 9.97 Å². The number of hydrogen-bond acceptors (Lipinski definition) is 4. The van der Waals surface area contributed by atoms with Gasteiger partial charge < -0.3 is 14.5 Å². The van der Waals surface area contributed by atoms with Crippen LogP contribution in [0.4, 0.5) is 0 Å². The molecule has 0 fully saturated rings. The molecule has 5 nitrogen and oxygen atoms in total. The molecule has 1 aromatic heterocycles. The Morgan fingerprint density at radius 2 is 1.44 bits per heavy atom. The normalized spacial score (nSPS) is 10.8. The van der Waals surface area contributed by atoms with Crippen LogP contribution in [0, 0.1) is 0 Å². The molecule has 0 saturated heterocycles. The zero-order chi connectivity index (χ0) is 17.6. The molecule has 5 heteroatoms. The second-order valence-corrected chi connectivity index (χ2v) is 5.30.